The third-order valence-electron chi connectivity index (χ3n) is 3.28. The molecule has 0 aromatic heterocycles. The molecule has 0 heterocycles. The number of unbranched alkanes of at least 4 members (excludes halogenated alkanes) is 2. The summed E-state index contributed by atoms with van der Waals surface area (Å²) >= 11 is 0. The molecule has 1 fully saturated rings. The van der Waals surface area contributed by atoms with Crippen LogP contribution in [0.5, 0.6) is 0 Å². The van der Waals surface area contributed by atoms with Crippen molar-refractivity contribution in [3.8, 4) is 0 Å². The van der Waals surface area contributed by atoms with Crippen molar-refractivity contribution >= 4 is 6.08 Å². The van der Waals surface area contributed by atoms with E-state index in [4.69, 9.17) is 0 Å². The lowest BCUT2D eigenvalue weighted by molar-refractivity contribution is 0.182. The van der Waals surface area contributed by atoms with Crippen molar-refractivity contribution < 1.29 is 5.11 Å². The number of aliphatic hydroxyl groups excluding tert-OH is 1. The van der Waals surface area contributed by atoms with Crippen LogP contribution in [0.15, 0.2) is 36.4 Å². The van der Waals surface area contributed by atoms with Crippen LogP contribution >= 0.6 is 0 Å². The normalized spacial score (nSPS) is 18.2. The molecule has 5 radical (unpaired) electrons. The number of allylic oxidation sites excluding steroid dienone is 1. The summed E-state index contributed by atoms with van der Waals surface area (Å²) in [4.78, 5) is 0. The first kappa shape index (κ1) is 14.3. The lowest BCUT2D eigenvalue weighted by atomic mass is 9.96. The van der Waals surface area contributed by atoms with Crippen molar-refractivity contribution in [2.45, 2.75) is 31.8 Å². The SMILES string of the molecule is OC(CCCC/C=C/c1ccccc1)[C]1[CH][CH][CH][CH]1. The van der Waals surface area contributed by atoms with Gasteiger partial charge in [-0.25, -0.2) is 0 Å². The average molecular weight is 253 g/mol. The maximum absolute atomic E-state index is 9.93. The zero-order valence-corrected chi connectivity index (χ0v) is 11.2. The molecule has 1 saturated carbocycles. The van der Waals surface area contributed by atoms with E-state index in [1.54, 1.807) is 0 Å². The summed E-state index contributed by atoms with van der Waals surface area (Å²) < 4.78 is 0. The standard InChI is InChI=1S/C18H21O/c19-18(17-13-8-9-14-17)15-7-2-1-4-10-16-11-5-3-6-12-16/h3-6,8-14,18-19H,1-2,7,15H2/b10-4+. The molecule has 0 amide bonds. The van der Waals surface area contributed by atoms with E-state index in [9.17, 15) is 5.11 Å². The topological polar surface area (TPSA) is 20.2 Å². The Labute approximate surface area is 117 Å². The second-order valence-corrected chi connectivity index (χ2v) is 4.83. The summed E-state index contributed by atoms with van der Waals surface area (Å²) in [5, 5.41) is 9.93. The number of rotatable bonds is 7. The Hall–Kier alpha value is -1.08. The van der Waals surface area contributed by atoms with Gasteiger partial charge in [0, 0.05) is 5.92 Å². The van der Waals surface area contributed by atoms with Crippen LogP contribution < -0.4 is 0 Å². The molecule has 2 rings (SSSR count). The van der Waals surface area contributed by atoms with E-state index >= 15 is 0 Å². The van der Waals surface area contributed by atoms with Crippen molar-refractivity contribution in [1.29, 1.82) is 0 Å². The second-order valence-electron chi connectivity index (χ2n) is 4.83. The first-order valence-corrected chi connectivity index (χ1v) is 6.97. The molecular formula is C18H21O. The van der Waals surface area contributed by atoms with Crippen LogP contribution in [-0.2, 0) is 0 Å². The molecule has 99 valence electrons. The van der Waals surface area contributed by atoms with Crippen LogP contribution in [0, 0.1) is 31.6 Å². The van der Waals surface area contributed by atoms with Gasteiger partial charge in [0.1, 0.15) is 0 Å². The minimum atomic E-state index is -0.298. The summed E-state index contributed by atoms with van der Waals surface area (Å²) in [5.74, 6) is 1.04. The van der Waals surface area contributed by atoms with Crippen molar-refractivity contribution in [3.05, 3.63) is 73.6 Å². The average Bonchev–Trinajstić information content (AvgIpc) is 2.98. The fraction of sp³-hybridized carbons (Fsp3) is 0.278. The third-order valence-corrected chi connectivity index (χ3v) is 3.28. The zero-order valence-electron chi connectivity index (χ0n) is 11.2. The maximum atomic E-state index is 9.93. The van der Waals surface area contributed by atoms with Gasteiger partial charge >= 0.3 is 0 Å². The van der Waals surface area contributed by atoms with Crippen LogP contribution in [0.3, 0.4) is 0 Å². The fourth-order valence-corrected chi connectivity index (χ4v) is 2.16. The summed E-state index contributed by atoms with van der Waals surface area (Å²) in [6, 6.07) is 10.3. The van der Waals surface area contributed by atoms with Gasteiger partial charge in [-0.2, -0.15) is 0 Å². The predicted octanol–water partition coefficient (Wildman–Crippen LogP) is 4.03. The van der Waals surface area contributed by atoms with E-state index in [0.717, 1.165) is 31.6 Å². The Bertz CT molecular complexity index is 363. The first-order valence-electron chi connectivity index (χ1n) is 6.97. The quantitative estimate of drug-likeness (QED) is 0.727. The summed E-state index contributed by atoms with van der Waals surface area (Å²) in [6.45, 7) is 0. The van der Waals surface area contributed by atoms with E-state index in [0.29, 0.717) is 0 Å². The van der Waals surface area contributed by atoms with Crippen LogP contribution in [0.1, 0.15) is 31.2 Å². The Kier molecular flexibility index (Phi) is 6.16. The van der Waals surface area contributed by atoms with Gasteiger partial charge in [-0.1, -0.05) is 48.9 Å². The molecule has 1 unspecified atom stereocenters. The Morgan fingerprint density at radius 1 is 1.00 bits per heavy atom. The van der Waals surface area contributed by atoms with Gasteiger partial charge < -0.3 is 5.11 Å². The van der Waals surface area contributed by atoms with E-state index < -0.39 is 0 Å². The van der Waals surface area contributed by atoms with Crippen molar-refractivity contribution in [3.63, 3.8) is 0 Å². The Morgan fingerprint density at radius 3 is 2.47 bits per heavy atom. The van der Waals surface area contributed by atoms with Crippen LogP contribution in [-0.4, -0.2) is 11.2 Å². The Balaban J connectivity index is 1.55. The largest absolute Gasteiger partial charge is 0.393 e. The summed E-state index contributed by atoms with van der Waals surface area (Å²) in [6.07, 6.45) is 16.1. The second kappa shape index (κ2) is 8.16. The molecular weight excluding hydrogens is 232 g/mol. The monoisotopic (exact) mass is 253 g/mol. The highest BCUT2D eigenvalue weighted by Gasteiger charge is 2.23. The molecule has 1 nitrogen and oxygen atoms in total. The van der Waals surface area contributed by atoms with Gasteiger partial charge in [0.05, 0.1) is 6.10 Å². The molecule has 0 saturated heterocycles. The summed E-state index contributed by atoms with van der Waals surface area (Å²) in [5.41, 5.74) is 1.25. The number of hydrogen-bond donors (Lipinski definition) is 1. The molecule has 19 heavy (non-hydrogen) atoms. The van der Waals surface area contributed by atoms with Gasteiger partial charge in [0.25, 0.3) is 0 Å². The molecule has 1 heteroatoms. The highest BCUT2D eigenvalue weighted by Crippen LogP contribution is 2.28. The van der Waals surface area contributed by atoms with Crippen LogP contribution in [0.4, 0.5) is 0 Å². The third kappa shape index (κ3) is 5.20. The van der Waals surface area contributed by atoms with Gasteiger partial charge in [0.15, 0.2) is 0 Å². The number of benzene rings is 1. The lowest BCUT2D eigenvalue weighted by Gasteiger charge is -2.15. The van der Waals surface area contributed by atoms with Gasteiger partial charge in [-0.15, -0.1) is 0 Å². The maximum Gasteiger partial charge on any atom is 0.0608 e. The van der Waals surface area contributed by atoms with Crippen LogP contribution in [0.25, 0.3) is 6.08 Å². The molecule has 1 aromatic carbocycles. The minimum absolute atomic E-state index is 0.298. The molecule has 1 aliphatic rings. The number of hydrogen-bond acceptors (Lipinski definition) is 1. The predicted molar refractivity (Wildman–Crippen MR) is 80.4 cm³/mol. The first-order chi connectivity index (χ1) is 9.36. The van der Waals surface area contributed by atoms with Gasteiger partial charge in [-0.3, -0.25) is 0 Å². The van der Waals surface area contributed by atoms with E-state index in [2.05, 4.69) is 36.4 Å². The minimum Gasteiger partial charge on any atom is -0.393 e. The smallest absolute Gasteiger partial charge is 0.0608 e. The molecule has 0 spiro atoms. The van der Waals surface area contributed by atoms with Gasteiger partial charge in [0.2, 0.25) is 0 Å². The molecule has 1 aromatic rings. The highest BCUT2D eigenvalue weighted by molar-refractivity contribution is 5.48. The molecule has 0 bridgehead atoms. The van der Waals surface area contributed by atoms with E-state index in [-0.39, 0.29) is 6.10 Å². The van der Waals surface area contributed by atoms with E-state index in [1.165, 1.54) is 5.56 Å². The summed E-state index contributed by atoms with van der Waals surface area (Å²) in [7, 11) is 0. The fourth-order valence-electron chi connectivity index (χ4n) is 2.16. The van der Waals surface area contributed by atoms with Crippen molar-refractivity contribution in [2.75, 3.05) is 0 Å². The molecule has 1 N–H and O–H groups in total. The van der Waals surface area contributed by atoms with Crippen molar-refractivity contribution in [2.24, 2.45) is 0 Å². The highest BCUT2D eigenvalue weighted by atomic mass is 16.3. The van der Waals surface area contributed by atoms with Gasteiger partial charge in [-0.05, 0) is 50.5 Å². The molecule has 1 atom stereocenters. The van der Waals surface area contributed by atoms with Crippen LogP contribution in [0.2, 0.25) is 0 Å². The zero-order chi connectivity index (χ0) is 13.3. The van der Waals surface area contributed by atoms with E-state index in [1.807, 2.05) is 31.7 Å². The lowest BCUT2D eigenvalue weighted by Crippen LogP contribution is -2.15. The molecule has 0 aliphatic heterocycles. The number of aliphatic hydroxyl groups is 1. The molecule has 1 aliphatic carbocycles. The van der Waals surface area contributed by atoms with Crippen molar-refractivity contribution in [1.82, 2.24) is 0 Å². The Morgan fingerprint density at radius 2 is 1.74 bits per heavy atom.